The summed E-state index contributed by atoms with van der Waals surface area (Å²) in [5.41, 5.74) is 0.994. The van der Waals surface area contributed by atoms with E-state index in [0.29, 0.717) is 30.2 Å². The maximum absolute atomic E-state index is 13.2. The molecule has 1 aliphatic heterocycles. The van der Waals surface area contributed by atoms with Crippen LogP contribution in [0.1, 0.15) is 35.8 Å². The Morgan fingerprint density at radius 2 is 1.96 bits per heavy atom. The highest BCUT2D eigenvalue weighted by Crippen LogP contribution is 2.38. The van der Waals surface area contributed by atoms with Gasteiger partial charge in [0.15, 0.2) is 5.65 Å². The molecule has 3 heterocycles. The molecule has 10 heteroatoms. The van der Waals surface area contributed by atoms with Gasteiger partial charge in [-0.15, -0.1) is 0 Å². The summed E-state index contributed by atoms with van der Waals surface area (Å²) in [5.74, 6) is 0. The lowest BCUT2D eigenvalue weighted by Gasteiger charge is -2.25. The predicted octanol–water partition coefficient (Wildman–Crippen LogP) is 3.58. The van der Waals surface area contributed by atoms with Crippen molar-refractivity contribution in [3.63, 3.8) is 0 Å². The topological polar surface area (TPSA) is 67.6 Å². The van der Waals surface area contributed by atoms with Gasteiger partial charge in [-0.05, 0) is 44.0 Å². The molecule has 0 radical (unpaired) electrons. The average Bonchev–Trinajstić information content (AvgIpc) is 3.26. The maximum atomic E-state index is 13.2. The van der Waals surface area contributed by atoms with Gasteiger partial charge in [0.1, 0.15) is 0 Å². The van der Waals surface area contributed by atoms with E-state index in [4.69, 9.17) is 0 Å². The number of rotatable bonds is 3. The highest BCUT2D eigenvalue weighted by Gasteiger charge is 2.39. The minimum Gasteiger partial charge on any atom is -0.237 e. The van der Waals surface area contributed by atoms with Crippen LogP contribution in [0.15, 0.2) is 47.5 Å². The van der Waals surface area contributed by atoms with E-state index in [2.05, 4.69) is 10.1 Å². The normalized spacial score (nSPS) is 18.8. The highest BCUT2D eigenvalue weighted by atomic mass is 32.2. The molecule has 148 valence electrons. The van der Waals surface area contributed by atoms with Crippen molar-refractivity contribution in [2.24, 2.45) is 0 Å². The minimum absolute atomic E-state index is 0.229. The number of hydrogen-bond donors (Lipinski definition) is 0. The zero-order chi connectivity index (χ0) is 20.1. The molecule has 4 rings (SSSR count). The second-order valence-electron chi connectivity index (χ2n) is 6.72. The monoisotopic (exact) mass is 410 g/mol. The van der Waals surface area contributed by atoms with Crippen molar-refractivity contribution in [1.29, 1.82) is 0 Å². The molecule has 1 aliphatic rings. The first kappa shape index (κ1) is 18.9. The van der Waals surface area contributed by atoms with Crippen LogP contribution in [-0.2, 0) is 16.2 Å². The Bertz CT molecular complexity index is 1140. The van der Waals surface area contributed by atoms with Gasteiger partial charge in [-0.3, -0.25) is 0 Å². The summed E-state index contributed by atoms with van der Waals surface area (Å²) in [6.45, 7) is 2.04. The van der Waals surface area contributed by atoms with Gasteiger partial charge in [0.05, 0.1) is 27.9 Å². The van der Waals surface area contributed by atoms with Crippen molar-refractivity contribution in [3.05, 3.63) is 59.5 Å². The average molecular weight is 410 g/mol. The van der Waals surface area contributed by atoms with E-state index < -0.39 is 27.8 Å². The molecule has 1 aromatic carbocycles. The number of sulfonamides is 1. The van der Waals surface area contributed by atoms with E-state index in [1.807, 2.05) is 6.92 Å². The van der Waals surface area contributed by atoms with E-state index in [-0.39, 0.29) is 11.4 Å². The first-order valence-corrected chi connectivity index (χ1v) is 10.1. The van der Waals surface area contributed by atoms with Gasteiger partial charge >= 0.3 is 6.18 Å². The van der Waals surface area contributed by atoms with Crippen molar-refractivity contribution in [1.82, 2.24) is 18.9 Å². The van der Waals surface area contributed by atoms with Crippen molar-refractivity contribution >= 4 is 15.7 Å². The number of aromatic nitrogens is 3. The molecule has 2 aromatic heterocycles. The van der Waals surface area contributed by atoms with Crippen molar-refractivity contribution in [3.8, 4) is 0 Å². The quantitative estimate of drug-likeness (QED) is 0.662. The van der Waals surface area contributed by atoms with Crippen LogP contribution in [0.2, 0.25) is 0 Å². The summed E-state index contributed by atoms with van der Waals surface area (Å²) in [4.78, 5) is 3.86. The molecule has 0 saturated carbocycles. The number of aryl methyl sites for hydroxylation is 1. The van der Waals surface area contributed by atoms with Gasteiger partial charge in [-0.1, -0.05) is 6.07 Å². The van der Waals surface area contributed by atoms with Gasteiger partial charge in [0.2, 0.25) is 10.0 Å². The van der Waals surface area contributed by atoms with Crippen molar-refractivity contribution in [2.75, 3.05) is 6.54 Å². The molecular weight excluding hydrogens is 393 g/mol. The number of benzene rings is 1. The second-order valence-corrected chi connectivity index (χ2v) is 8.62. The van der Waals surface area contributed by atoms with Crippen LogP contribution in [0, 0.1) is 6.92 Å². The van der Waals surface area contributed by atoms with E-state index in [9.17, 15) is 21.6 Å². The number of hydrogen-bond acceptors (Lipinski definition) is 4. The summed E-state index contributed by atoms with van der Waals surface area (Å²) in [5, 5.41) is 4.38. The van der Waals surface area contributed by atoms with Gasteiger partial charge in [0, 0.05) is 18.8 Å². The third-order valence-corrected chi connectivity index (χ3v) is 6.73. The Balaban J connectivity index is 1.77. The van der Waals surface area contributed by atoms with E-state index in [1.54, 1.807) is 22.8 Å². The fraction of sp³-hybridized carbons (Fsp3) is 0.333. The summed E-state index contributed by atoms with van der Waals surface area (Å²) >= 11 is 0. The number of halogens is 3. The number of fused-ring (bicyclic) bond motifs is 1. The predicted molar refractivity (Wildman–Crippen MR) is 95.0 cm³/mol. The Kier molecular flexibility index (Phi) is 4.42. The summed E-state index contributed by atoms with van der Waals surface area (Å²) in [6, 6.07) is 6.81. The van der Waals surface area contributed by atoms with Crippen LogP contribution >= 0.6 is 0 Å². The number of alkyl halides is 3. The molecule has 0 aliphatic carbocycles. The molecule has 28 heavy (non-hydrogen) atoms. The Morgan fingerprint density at radius 3 is 2.71 bits per heavy atom. The largest absolute Gasteiger partial charge is 0.416 e. The fourth-order valence-corrected chi connectivity index (χ4v) is 5.29. The SMILES string of the molecule is Cc1cc2nccc(C3CCCN3S(=O)(=O)c3cccc(C(F)(F)F)c3)n2n1. The Morgan fingerprint density at radius 1 is 1.18 bits per heavy atom. The first-order chi connectivity index (χ1) is 13.2. The van der Waals surface area contributed by atoms with Crippen molar-refractivity contribution in [2.45, 2.75) is 36.9 Å². The second kappa shape index (κ2) is 6.56. The molecule has 1 fully saturated rings. The molecule has 0 bridgehead atoms. The molecular formula is C18H17F3N4O2S. The van der Waals surface area contributed by atoms with Crippen LogP contribution in [0.3, 0.4) is 0 Å². The summed E-state index contributed by atoms with van der Waals surface area (Å²) in [6.07, 6.45) is -1.87. The zero-order valence-electron chi connectivity index (χ0n) is 14.9. The minimum atomic E-state index is -4.61. The molecule has 1 saturated heterocycles. The molecule has 0 N–H and O–H groups in total. The standard InChI is InChI=1S/C18H17F3N4O2S/c1-12-10-17-22-8-7-16(25(17)23-12)15-6-3-9-24(15)28(26,27)14-5-2-4-13(11-14)18(19,20)21/h2,4-5,7-8,10-11,15H,3,6,9H2,1H3. The van der Waals surface area contributed by atoms with E-state index in [1.165, 1.54) is 10.4 Å². The fourth-order valence-electron chi connectivity index (χ4n) is 3.57. The van der Waals surface area contributed by atoms with Crippen LogP contribution in [0.5, 0.6) is 0 Å². The zero-order valence-corrected chi connectivity index (χ0v) is 15.7. The lowest BCUT2D eigenvalue weighted by molar-refractivity contribution is -0.137. The lowest BCUT2D eigenvalue weighted by Crippen LogP contribution is -2.32. The molecule has 6 nitrogen and oxygen atoms in total. The molecule has 3 aromatic rings. The summed E-state index contributed by atoms with van der Waals surface area (Å²) < 4.78 is 68.2. The number of nitrogens with zero attached hydrogens (tertiary/aromatic N) is 4. The van der Waals surface area contributed by atoms with Crippen LogP contribution in [0.4, 0.5) is 13.2 Å². The molecule has 0 spiro atoms. The van der Waals surface area contributed by atoms with E-state index >= 15 is 0 Å². The first-order valence-electron chi connectivity index (χ1n) is 8.68. The molecule has 0 amide bonds. The van der Waals surface area contributed by atoms with E-state index in [0.717, 1.165) is 17.8 Å². The van der Waals surface area contributed by atoms with Crippen molar-refractivity contribution < 1.29 is 21.6 Å². The molecule has 1 unspecified atom stereocenters. The van der Waals surface area contributed by atoms with Crippen LogP contribution in [0.25, 0.3) is 5.65 Å². The smallest absolute Gasteiger partial charge is 0.237 e. The third kappa shape index (κ3) is 3.16. The lowest BCUT2D eigenvalue weighted by atomic mass is 10.1. The Labute approximate surface area is 159 Å². The van der Waals surface area contributed by atoms with Crippen LogP contribution < -0.4 is 0 Å². The van der Waals surface area contributed by atoms with Gasteiger partial charge in [-0.25, -0.2) is 17.9 Å². The van der Waals surface area contributed by atoms with Crippen LogP contribution in [-0.4, -0.2) is 33.9 Å². The maximum Gasteiger partial charge on any atom is 0.416 e. The van der Waals surface area contributed by atoms with Gasteiger partial charge < -0.3 is 0 Å². The highest BCUT2D eigenvalue weighted by molar-refractivity contribution is 7.89. The summed E-state index contributed by atoms with van der Waals surface area (Å²) in [7, 11) is -4.11. The third-order valence-electron chi connectivity index (χ3n) is 4.82. The Hall–Kier alpha value is -2.46. The molecule has 1 atom stereocenters. The van der Waals surface area contributed by atoms with Gasteiger partial charge in [0.25, 0.3) is 0 Å². The van der Waals surface area contributed by atoms with Gasteiger partial charge in [-0.2, -0.15) is 22.6 Å².